The number of nitrogens with one attached hydrogen (secondary N) is 1. The smallest absolute Gasteiger partial charge is 0.253 e. The number of likely N-dealkylation sites (tertiary alicyclic amines) is 1. The topological polar surface area (TPSA) is 61.4 Å². The molecule has 1 aliphatic heterocycles. The molecule has 2 atom stereocenters. The number of carbonyl (C=O) groups is 1. The van der Waals surface area contributed by atoms with Gasteiger partial charge in [0, 0.05) is 30.5 Å². The third-order valence-electron chi connectivity index (χ3n) is 9.07. The molecule has 2 aliphatic rings. The lowest BCUT2D eigenvalue weighted by Crippen LogP contribution is -2.44. The highest BCUT2D eigenvalue weighted by Crippen LogP contribution is 2.37. The van der Waals surface area contributed by atoms with Crippen molar-refractivity contribution in [2.45, 2.75) is 99.0 Å². The van der Waals surface area contributed by atoms with Crippen LogP contribution in [0.1, 0.15) is 102 Å². The highest BCUT2D eigenvalue weighted by atomic mass is 79.9. The number of halogens is 1. The van der Waals surface area contributed by atoms with Gasteiger partial charge in [-0.2, -0.15) is 0 Å². The summed E-state index contributed by atoms with van der Waals surface area (Å²) in [6.45, 7) is 19.2. The summed E-state index contributed by atoms with van der Waals surface area (Å²) in [5.41, 5.74) is 3.83. The monoisotopic (exact) mass is 641 g/mol. The summed E-state index contributed by atoms with van der Waals surface area (Å²) in [5.74, 6) is 3.35. The minimum absolute atomic E-state index is 0.0711. The molecule has 4 rings (SSSR count). The van der Waals surface area contributed by atoms with Gasteiger partial charge in [0.2, 0.25) is 5.95 Å². The number of piperidine rings is 1. The van der Waals surface area contributed by atoms with Gasteiger partial charge in [0.05, 0.1) is 10.2 Å². The molecule has 1 N–H and O–H groups in total. The fourth-order valence-corrected chi connectivity index (χ4v) is 5.74. The van der Waals surface area contributed by atoms with Crippen LogP contribution in [0.2, 0.25) is 0 Å². The minimum atomic E-state index is 0.0711. The van der Waals surface area contributed by atoms with E-state index in [0.29, 0.717) is 17.6 Å². The van der Waals surface area contributed by atoms with E-state index in [2.05, 4.69) is 84.4 Å². The van der Waals surface area contributed by atoms with Crippen LogP contribution in [0.5, 0.6) is 0 Å². The maximum atomic E-state index is 12.7. The molecule has 234 valence electrons. The van der Waals surface area contributed by atoms with Crippen LogP contribution < -0.4 is 5.32 Å². The van der Waals surface area contributed by atoms with Crippen molar-refractivity contribution in [3.63, 3.8) is 0 Å². The van der Waals surface area contributed by atoms with E-state index in [1.807, 2.05) is 43.1 Å². The Kier molecular flexibility index (Phi) is 15.8. The van der Waals surface area contributed by atoms with Gasteiger partial charge in [0.25, 0.3) is 5.91 Å². The van der Waals surface area contributed by atoms with E-state index < -0.39 is 0 Å². The second-order valence-corrected chi connectivity index (χ2v) is 13.1. The predicted octanol–water partition coefficient (Wildman–Crippen LogP) is 9.29. The number of anilines is 2. The van der Waals surface area contributed by atoms with Crippen molar-refractivity contribution in [2.75, 3.05) is 32.5 Å². The van der Waals surface area contributed by atoms with Crippen LogP contribution in [0.25, 0.3) is 0 Å². The summed E-state index contributed by atoms with van der Waals surface area (Å²) >= 11 is 3.39. The first-order valence-corrected chi connectivity index (χ1v) is 16.8. The Morgan fingerprint density at radius 3 is 2.21 bits per heavy atom. The first-order chi connectivity index (χ1) is 20.0. The summed E-state index contributed by atoms with van der Waals surface area (Å²) in [6, 6.07) is 7.78. The predicted molar refractivity (Wildman–Crippen MR) is 182 cm³/mol. The van der Waals surface area contributed by atoms with Crippen molar-refractivity contribution in [1.29, 1.82) is 0 Å². The van der Waals surface area contributed by atoms with Gasteiger partial charge in [-0.3, -0.25) is 4.79 Å². The van der Waals surface area contributed by atoms with E-state index in [1.54, 1.807) is 6.20 Å². The second-order valence-electron chi connectivity index (χ2n) is 12.3. The van der Waals surface area contributed by atoms with E-state index in [1.165, 1.54) is 44.1 Å². The van der Waals surface area contributed by atoms with Crippen LogP contribution in [0.3, 0.4) is 0 Å². The number of carbonyl (C=O) groups excluding carboxylic acids is 1. The number of amides is 1. The fraction of sp³-hybridized carbons (Fsp3) is 0.629. The molecule has 1 saturated carbocycles. The minimum Gasteiger partial charge on any atom is -0.339 e. The number of allylic oxidation sites excluding steroid dienone is 1. The molecular formula is C35H56BrN5O. The summed E-state index contributed by atoms with van der Waals surface area (Å²) < 4.78 is 0.876. The van der Waals surface area contributed by atoms with Gasteiger partial charge in [-0.05, 0) is 118 Å². The molecule has 1 aromatic carbocycles. The Morgan fingerprint density at radius 2 is 1.74 bits per heavy atom. The van der Waals surface area contributed by atoms with Gasteiger partial charge in [-0.25, -0.2) is 9.97 Å². The van der Waals surface area contributed by atoms with E-state index in [9.17, 15) is 4.79 Å². The van der Waals surface area contributed by atoms with Gasteiger partial charge in [0.1, 0.15) is 0 Å². The lowest BCUT2D eigenvalue weighted by Gasteiger charge is -2.35. The van der Waals surface area contributed by atoms with Crippen LogP contribution in [0.4, 0.5) is 11.6 Å². The molecule has 2 heterocycles. The average molecular weight is 643 g/mol. The highest BCUT2D eigenvalue weighted by molar-refractivity contribution is 9.10. The lowest BCUT2D eigenvalue weighted by atomic mass is 9.89. The molecule has 0 bridgehead atoms. The van der Waals surface area contributed by atoms with E-state index in [4.69, 9.17) is 0 Å². The van der Waals surface area contributed by atoms with Crippen LogP contribution in [-0.4, -0.2) is 58.9 Å². The van der Waals surface area contributed by atoms with Crippen molar-refractivity contribution in [1.82, 2.24) is 19.8 Å². The molecule has 0 radical (unpaired) electrons. The Bertz CT molecular complexity index is 1090. The Labute approximate surface area is 264 Å². The van der Waals surface area contributed by atoms with Crippen LogP contribution in [0.15, 0.2) is 47.1 Å². The Morgan fingerprint density at radius 1 is 1.12 bits per heavy atom. The molecular weight excluding hydrogens is 586 g/mol. The van der Waals surface area contributed by atoms with Gasteiger partial charge in [0.15, 0.2) is 0 Å². The van der Waals surface area contributed by atoms with Crippen molar-refractivity contribution < 1.29 is 4.79 Å². The maximum absolute atomic E-state index is 12.7. The summed E-state index contributed by atoms with van der Waals surface area (Å²) in [7, 11) is 4.03. The zero-order valence-corrected chi connectivity index (χ0v) is 29.1. The number of benzene rings is 1. The van der Waals surface area contributed by atoms with Crippen molar-refractivity contribution in [3.05, 3.63) is 58.3 Å². The molecule has 1 aliphatic carbocycles. The fourth-order valence-electron chi connectivity index (χ4n) is 5.55. The van der Waals surface area contributed by atoms with Crippen molar-refractivity contribution in [3.8, 4) is 0 Å². The normalized spacial score (nSPS) is 18.9. The molecule has 2 fully saturated rings. The molecule has 7 heteroatoms. The highest BCUT2D eigenvalue weighted by Gasteiger charge is 2.26. The van der Waals surface area contributed by atoms with Gasteiger partial charge < -0.3 is 15.1 Å². The lowest BCUT2D eigenvalue weighted by molar-refractivity contribution is 0.0659. The molecule has 1 amide bonds. The Balaban J connectivity index is 0.000000316. The standard InChI is InChI=1S/C19H24BrN5O.C10H18.C6H14/c1-13-17(20)12-21-19(22-13)23-15-6-4-14(5-7-15)18(26)25(3)16-8-10-24(2)11-9-16;1-4-9-6-5-7-10(9)8(2)3;1-4-6(3)5-2/h4-7,12,16H,8-11H2,1-3H3,(H,21,22,23);9-10H,2,4-7H2,1,3H3;6H,4-5H2,1-3H3/t;9?,10-;/m.1./s1. The van der Waals surface area contributed by atoms with E-state index >= 15 is 0 Å². The quantitative estimate of drug-likeness (QED) is 0.291. The third kappa shape index (κ3) is 11.4. The molecule has 42 heavy (non-hydrogen) atoms. The number of aromatic nitrogens is 2. The molecule has 1 saturated heterocycles. The Hall–Kier alpha value is -2.25. The SMILES string of the molecule is C=C(C)[C@H]1CCCC1CC.CCC(C)CC.Cc1nc(Nc2ccc(C(=O)N(C)C3CCN(C)CC3)cc2)ncc1Br. The zero-order valence-electron chi connectivity index (χ0n) is 27.5. The average Bonchev–Trinajstić information content (AvgIpc) is 3.49. The van der Waals surface area contributed by atoms with Crippen molar-refractivity contribution in [2.24, 2.45) is 17.8 Å². The van der Waals surface area contributed by atoms with Gasteiger partial charge in [-0.15, -0.1) is 0 Å². The van der Waals surface area contributed by atoms with E-state index in [0.717, 1.165) is 59.5 Å². The molecule has 0 spiro atoms. The first kappa shape index (κ1) is 35.9. The number of aryl methyl sites for hydroxylation is 1. The third-order valence-corrected chi connectivity index (χ3v) is 9.85. The zero-order chi connectivity index (χ0) is 31.2. The molecule has 1 unspecified atom stereocenters. The number of hydrogen-bond donors (Lipinski definition) is 1. The molecule has 2 aromatic rings. The first-order valence-electron chi connectivity index (χ1n) is 16.0. The van der Waals surface area contributed by atoms with Crippen LogP contribution >= 0.6 is 15.9 Å². The summed E-state index contributed by atoms with van der Waals surface area (Å²) in [6.07, 6.45) is 12.0. The van der Waals surface area contributed by atoms with Gasteiger partial charge in [-0.1, -0.05) is 65.5 Å². The molecule has 1 aromatic heterocycles. The largest absolute Gasteiger partial charge is 0.339 e. The number of hydrogen-bond acceptors (Lipinski definition) is 5. The number of nitrogens with zero attached hydrogens (tertiary/aromatic N) is 4. The molecule has 6 nitrogen and oxygen atoms in total. The van der Waals surface area contributed by atoms with Crippen molar-refractivity contribution >= 4 is 33.5 Å². The maximum Gasteiger partial charge on any atom is 0.253 e. The van der Waals surface area contributed by atoms with Gasteiger partial charge >= 0.3 is 0 Å². The van der Waals surface area contributed by atoms with Crippen LogP contribution in [-0.2, 0) is 0 Å². The number of rotatable bonds is 8. The summed E-state index contributed by atoms with van der Waals surface area (Å²) in [5, 5.41) is 3.16. The second kappa shape index (κ2) is 18.4. The summed E-state index contributed by atoms with van der Waals surface area (Å²) in [4.78, 5) is 25.5. The van der Waals surface area contributed by atoms with E-state index in [-0.39, 0.29) is 5.91 Å². The van der Waals surface area contributed by atoms with Crippen LogP contribution in [0, 0.1) is 24.7 Å².